The Bertz CT molecular complexity index is 1110. The SMILES string of the molecule is CCC(C)NCc1ccc(-c2cc3ncnc(Nc4cccc(O)c4)c3s2)cc1. The van der Waals surface area contributed by atoms with Crippen molar-refractivity contribution >= 4 is 33.1 Å². The van der Waals surface area contributed by atoms with E-state index in [1.165, 1.54) is 11.1 Å². The third kappa shape index (κ3) is 4.55. The van der Waals surface area contributed by atoms with Gasteiger partial charge in [-0.05, 0) is 42.7 Å². The van der Waals surface area contributed by atoms with Crippen LogP contribution in [0.1, 0.15) is 25.8 Å². The van der Waals surface area contributed by atoms with E-state index in [1.54, 1.807) is 35.9 Å². The Morgan fingerprint density at radius 2 is 1.90 bits per heavy atom. The number of anilines is 2. The maximum absolute atomic E-state index is 9.69. The number of rotatable bonds is 7. The summed E-state index contributed by atoms with van der Waals surface area (Å²) in [7, 11) is 0. The molecule has 4 aromatic rings. The lowest BCUT2D eigenvalue weighted by Gasteiger charge is -2.11. The Hall–Kier alpha value is -2.96. The van der Waals surface area contributed by atoms with Crippen LogP contribution in [0.3, 0.4) is 0 Å². The molecule has 0 radical (unpaired) electrons. The van der Waals surface area contributed by atoms with Crippen LogP contribution >= 0.6 is 11.3 Å². The average Bonchev–Trinajstić information content (AvgIpc) is 3.18. The molecule has 6 heteroatoms. The van der Waals surface area contributed by atoms with E-state index in [9.17, 15) is 5.11 Å². The molecule has 5 nitrogen and oxygen atoms in total. The van der Waals surface area contributed by atoms with Crippen molar-refractivity contribution in [2.24, 2.45) is 0 Å². The molecule has 0 aliphatic heterocycles. The molecule has 1 unspecified atom stereocenters. The minimum atomic E-state index is 0.218. The van der Waals surface area contributed by atoms with Gasteiger partial charge < -0.3 is 15.7 Å². The molecule has 0 amide bonds. The summed E-state index contributed by atoms with van der Waals surface area (Å²) in [5.41, 5.74) is 4.15. The van der Waals surface area contributed by atoms with Gasteiger partial charge in [-0.3, -0.25) is 0 Å². The zero-order valence-electron chi connectivity index (χ0n) is 16.5. The molecule has 2 aromatic heterocycles. The summed E-state index contributed by atoms with van der Waals surface area (Å²) in [6.45, 7) is 5.27. The zero-order valence-corrected chi connectivity index (χ0v) is 17.3. The maximum atomic E-state index is 9.69. The van der Waals surface area contributed by atoms with E-state index in [-0.39, 0.29) is 5.75 Å². The van der Waals surface area contributed by atoms with Crippen molar-refractivity contribution in [3.05, 3.63) is 66.5 Å². The van der Waals surface area contributed by atoms with E-state index in [2.05, 4.69) is 64.8 Å². The van der Waals surface area contributed by atoms with Gasteiger partial charge in [0.05, 0.1) is 10.2 Å². The first-order chi connectivity index (χ1) is 14.1. The molecule has 0 aliphatic rings. The maximum Gasteiger partial charge on any atom is 0.151 e. The standard InChI is InChI=1S/C23H24N4OS/c1-3-15(2)24-13-16-7-9-17(10-8-16)21-12-20-22(29-21)23(26-14-25-20)27-18-5-4-6-19(28)11-18/h4-12,14-15,24,28H,3,13H2,1-2H3,(H,25,26,27). The Labute approximate surface area is 174 Å². The molecule has 0 aliphatic carbocycles. The molecule has 29 heavy (non-hydrogen) atoms. The summed E-state index contributed by atoms with van der Waals surface area (Å²) in [6, 6.07) is 18.3. The van der Waals surface area contributed by atoms with E-state index in [0.29, 0.717) is 6.04 Å². The quantitative estimate of drug-likeness (QED) is 0.369. The number of hydrogen-bond donors (Lipinski definition) is 3. The number of hydrogen-bond acceptors (Lipinski definition) is 6. The number of phenols is 1. The van der Waals surface area contributed by atoms with Crippen LogP contribution in [0.5, 0.6) is 5.75 Å². The molecule has 0 saturated heterocycles. The molecule has 3 N–H and O–H groups in total. The van der Waals surface area contributed by atoms with Gasteiger partial charge in [0.2, 0.25) is 0 Å². The van der Waals surface area contributed by atoms with Gasteiger partial charge in [0.15, 0.2) is 5.82 Å². The smallest absolute Gasteiger partial charge is 0.151 e. The second kappa shape index (κ2) is 8.59. The first kappa shape index (κ1) is 19.4. The molecular formula is C23H24N4OS. The molecule has 0 saturated carbocycles. The van der Waals surface area contributed by atoms with E-state index in [1.807, 2.05) is 6.07 Å². The van der Waals surface area contributed by atoms with E-state index in [0.717, 1.165) is 39.6 Å². The van der Waals surface area contributed by atoms with Gasteiger partial charge >= 0.3 is 0 Å². The van der Waals surface area contributed by atoms with Gasteiger partial charge in [-0.2, -0.15) is 0 Å². The number of thiophene rings is 1. The molecule has 1 atom stereocenters. The summed E-state index contributed by atoms with van der Waals surface area (Å²) in [5, 5.41) is 16.5. The van der Waals surface area contributed by atoms with Crippen molar-refractivity contribution in [3.8, 4) is 16.2 Å². The summed E-state index contributed by atoms with van der Waals surface area (Å²) in [5.74, 6) is 0.960. The van der Waals surface area contributed by atoms with Crippen LogP contribution < -0.4 is 10.6 Å². The lowest BCUT2D eigenvalue weighted by atomic mass is 10.1. The van der Waals surface area contributed by atoms with Crippen LogP contribution in [0.15, 0.2) is 60.9 Å². The lowest BCUT2D eigenvalue weighted by molar-refractivity contribution is 0.475. The molecule has 2 heterocycles. The molecule has 0 spiro atoms. The molecular weight excluding hydrogens is 380 g/mol. The van der Waals surface area contributed by atoms with Crippen LogP contribution in [0.2, 0.25) is 0 Å². The third-order valence-corrected chi connectivity index (χ3v) is 6.11. The van der Waals surface area contributed by atoms with Gasteiger partial charge in [0.1, 0.15) is 12.1 Å². The van der Waals surface area contributed by atoms with Crippen molar-refractivity contribution in [1.29, 1.82) is 0 Å². The first-order valence-electron chi connectivity index (χ1n) is 9.75. The van der Waals surface area contributed by atoms with Crippen molar-refractivity contribution < 1.29 is 5.11 Å². The monoisotopic (exact) mass is 404 g/mol. The Morgan fingerprint density at radius 1 is 1.07 bits per heavy atom. The number of benzene rings is 2. The highest BCUT2D eigenvalue weighted by atomic mass is 32.1. The van der Waals surface area contributed by atoms with E-state index in [4.69, 9.17) is 0 Å². The van der Waals surface area contributed by atoms with Gasteiger partial charge in [-0.25, -0.2) is 9.97 Å². The highest BCUT2D eigenvalue weighted by molar-refractivity contribution is 7.22. The van der Waals surface area contributed by atoms with Crippen LogP contribution in [0.25, 0.3) is 20.7 Å². The second-order valence-electron chi connectivity index (χ2n) is 7.11. The summed E-state index contributed by atoms with van der Waals surface area (Å²) >= 11 is 1.66. The van der Waals surface area contributed by atoms with Crippen LogP contribution in [-0.4, -0.2) is 21.1 Å². The number of aromatic nitrogens is 2. The Kier molecular flexibility index (Phi) is 5.74. The summed E-state index contributed by atoms with van der Waals surface area (Å²) in [6.07, 6.45) is 2.69. The van der Waals surface area contributed by atoms with Gasteiger partial charge in [0, 0.05) is 29.2 Å². The topological polar surface area (TPSA) is 70.1 Å². The third-order valence-electron chi connectivity index (χ3n) is 4.93. The van der Waals surface area contributed by atoms with Crippen LogP contribution in [0.4, 0.5) is 11.5 Å². The molecule has 2 aromatic carbocycles. The van der Waals surface area contributed by atoms with Crippen LogP contribution in [-0.2, 0) is 6.54 Å². The summed E-state index contributed by atoms with van der Waals surface area (Å²) < 4.78 is 0.994. The predicted molar refractivity (Wildman–Crippen MR) is 121 cm³/mol. The fourth-order valence-corrected chi connectivity index (χ4v) is 4.09. The number of nitrogens with zero attached hydrogens (tertiary/aromatic N) is 2. The minimum absolute atomic E-state index is 0.218. The number of phenolic OH excluding ortho intramolecular Hbond substituents is 1. The van der Waals surface area contributed by atoms with Crippen molar-refractivity contribution in [1.82, 2.24) is 15.3 Å². The highest BCUT2D eigenvalue weighted by Gasteiger charge is 2.11. The van der Waals surface area contributed by atoms with Crippen LogP contribution in [0, 0.1) is 0 Å². The second-order valence-corrected chi connectivity index (χ2v) is 8.16. The Morgan fingerprint density at radius 3 is 2.66 bits per heavy atom. The summed E-state index contributed by atoms with van der Waals surface area (Å²) in [4.78, 5) is 9.98. The fraction of sp³-hybridized carbons (Fsp3) is 0.217. The van der Waals surface area contributed by atoms with Gasteiger partial charge in [-0.1, -0.05) is 37.3 Å². The number of aromatic hydroxyl groups is 1. The Balaban J connectivity index is 1.57. The molecule has 148 valence electrons. The first-order valence-corrected chi connectivity index (χ1v) is 10.6. The van der Waals surface area contributed by atoms with E-state index < -0.39 is 0 Å². The van der Waals surface area contributed by atoms with Crippen molar-refractivity contribution in [2.75, 3.05) is 5.32 Å². The van der Waals surface area contributed by atoms with Crippen molar-refractivity contribution in [2.45, 2.75) is 32.9 Å². The normalized spacial score (nSPS) is 12.2. The van der Waals surface area contributed by atoms with Gasteiger partial charge in [0.25, 0.3) is 0 Å². The van der Waals surface area contributed by atoms with Crippen molar-refractivity contribution in [3.63, 3.8) is 0 Å². The highest BCUT2D eigenvalue weighted by Crippen LogP contribution is 2.36. The minimum Gasteiger partial charge on any atom is -0.508 e. The number of nitrogens with one attached hydrogen (secondary N) is 2. The van der Waals surface area contributed by atoms with Gasteiger partial charge in [-0.15, -0.1) is 11.3 Å². The zero-order chi connectivity index (χ0) is 20.2. The predicted octanol–water partition coefficient (Wildman–Crippen LogP) is 5.70. The molecule has 4 rings (SSSR count). The lowest BCUT2D eigenvalue weighted by Crippen LogP contribution is -2.24. The largest absolute Gasteiger partial charge is 0.508 e. The molecule has 0 bridgehead atoms. The van der Waals surface area contributed by atoms with E-state index >= 15 is 0 Å². The number of fused-ring (bicyclic) bond motifs is 1. The molecule has 0 fully saturated rings. The fourth-order valence-electron chi connectivity index (χ4n) is 3.03. The average molecular weight is 405 g/mol.